The highest BCUT2D eigenvalue weighted by molar-refractivity contribution is 6.32. The van der Waals surface area contributed by atoms with E-state index < -0.39 is 17.7 Å². The molecule has 0 spiro atoms. The van der Waals surface area contributed by atoms with Crippen molar-refractivity contribution in [3.8, 4) is 11.9 Å². The SMILES string of the molecule is CC(C)=NOC(=O)C=Cc1c(C#N)cnn1-c1ncc(C(F)(F)F)cc1Cl. The van der Waals surface area contributed by atoms with Crippen molar-refractivity contribution < 1.29 is 22.8 Å². The number of rotatable bonds is 4. The van der Waals surface area contributed by atoms with Gasteiger partial charge >= 0.3 is 12.1 Å². The normalized spacial score (nSPS) is 11.3. The molecule has 0 aliphatic carbocycles. The Morgan fingerprint density at radius 3 is 2.67 bits per heavy atom. The minimum absolute atomic E-state index is 0.0481. The Labute approximate surface area is 156 Å². The zero-order chi connectivity index (χ0) is 20.2. The first-order valence-electron chi connectivity index (χ1n) is 7.25. The molecule has 0 fully saturated rings. The molecule has 0 radical (unpaired) electrons. The summed E-state index contributed by atoms with van der Waals surface area (Å²) >= 11 is 5.90. The largest absolute Gasteiger partial charge is 0.417 e. The minimum Gasteiger partial charge on any atom is -0.314 e. The molecule has 0 atom stereocenters. The molecule has 0 aliphatic heterocycles. The zero-order valence-electron chi connectivity index (χ0n) is 14.0. The standard InChI is InChI=1S/C16H11ClF3N5O2/c1-9(2)24-27-14(26)4-3-13-10(6-21)7-23-25(13)15-12(17)5-11(8-22-15)16(18,19)20/h3-5,7-8H,1-2H3. The van der Waals surface area contributed by atoms with Gasteiger partial charge in [0, 0.05) is 12.3 Å². The molecule has 7 nitrogen and oxygen atoms in total. The molecule has 0 aliphatic rings. The Morgan fingerprint density at radius 2 is 2.11 bits per heavy atom. The monoisotopic (exact) mass is 397 g/mol. The van der Waals surface area contributed by atoms with Gasteiger partial charge in [-0.05, 0) is 26.0 Å². The summed E-state index contributed by atoms with van der Waals surface area (Å²) in [6, 6.07) is 2.54. The first-order chi connectivity index (χ1) is 12.6. The number of halogens is 4. The molecule has 27 heavy (non-hydrogen) atoms. The number of carbonyl (C=O) groups is 1. The highest BCUT2D eigenvalue weighted by atomic mass is 35.5. The molecule has 0 bridgehead atoms. The number of nitrogens with zero attached hydrogens (tertiary/aromatic N) is 5. The van der Waals surface area contributed by atoms with Crippen LogP contribution in [0, 0.1) is 11.3 Å². The van der Waals surface area contributed by atoms with E-state index in [0.29, 0.717) is 18.0 Å². The lowest BCUT2D eigenvalue weighted by atomic mass is 10.2. The lowest BCUT2D eigenvalue weighted by Crippen LogP contribution is -2.09. The number of nitriles is 1. The van der Waals surface area contributed by atoms with Crippen LogP contribution in [0.1, 0.15) is 30.7 Å². The Hall–Kier alpha value is -3.19. The van der Waals surface area contributed by atoms with Crippen LogP contribution >= 0.6 is 11.6 Å². The maximum Gasteiger partial charge on any atom is 0.417 e. The van der Waals surface area contributed by atoms with Gasteiger partial charge in [-0.3, -0.25) is 0 Å². The van der Waals surface area contributed by atoms with E-state index in [-0.39, 0.29) is 22.1 Å². The maximum atomic E-state index is 12.7. The van der Waals surface area contributed by atoms with E-state index in [0.717, 1.165) is 17.0 Å². The molecule has 11 heteroatoms. The van der Waals surface area contributed by atoms with Crippen LogP contribution < -0.4 is 0 Å². The predicted molar refractivity (Wildman–Crippen MR) is 90.0 cm³/mol. The summed E-state index contributed by atoms with van der Waals surface area (Å²) in [5.74, 6) is -0.957. The van der Waals surface area contributed by atoms with Crippen LogP contribution in [0.25, 0.3) is 11.9 Å². The zero-order valence-corrected chi connectivity index (χ0v) is 14.7. The second kappa shape index (κ2) is 8.01. The van der Waals surface area contributed by atoms with Gasteiger partial charge in [0.25, 0.3) is 0 Å². The molecule has 0 unspecified atom stereocenters. The molecule has 0 amide bonds. The molecule has 140 valence electrons. The van der Waals surface area contributed by atoms with Crippen molar-refractivity contribution in [2.45, 2.75) is 20.0 Å². The summed E-state index contributed by atoms with van der Waals surface area (Å²) in [6.07, 6.45) is -0.672. The lowest BCUT2D eigenvalue weighted by molar-refractivity contribution is -0.138. The number of pyridine rings is 1. The van der Waals surface area contributed by atoms with Gasteiger partial charge in [-0.25, -0.2) is 14.5 Å². The van der Waals surface area contributed by atoms with Crippen LogP contribution in [0.4, 0.5) is 13.2 Å². The van der Waals surface area contributed by atoms with Gasteiger partial charge < -0.3 is 4.84 Å². The topological polar surface area (TPSA) is 93.2 Å². The number of hydrogen-bond acceptors (Lipinski definition) is 6. The first kappa shape index (κ1) is 20.1. The number of carbonyl (C=O) groups excluding carboxylic acids is 1. The van der Waals surface area contributed by atoms with Gasteiger partial charge in [0.1, 0.15) is 6.07 Å². The van der Waals surface area contributed by atoms with E-state index in [1.807, 2.05) is 6.07 Å². The van der Waals surface area contributed by atoms with Crippen molar-refractivity contribution in [3.63, 3.8) is 0 Å². The van der Waals surface area contributed by atoms with Gasteiger partial charge in [-0.1, -0.05) is 16.8 Å². The average Bonchev–Trinajstić information content (AvgIpc) is 2.99. The Morgan fingerprint density at radius 1 is 1.41 bits per heavy atom. The van der Waals surface area contributed by atoms with Gasteiger partial charge in [-0.2, -0.15) is 23.5 Å². The van der Waals surface area contributed by atoms with Gasteiger partial charge in [0.2, 0.25) is 0 Å². The summed E-state index contributed by atoms with van der Waals surface area (Å²) in [6.45, 7) is 3.25. The fraction of sp³-hybridized carbons (Fsp3) is 0.188. The predicted octanol–water partition coefficient (Wildman–Crippen LogP) is 3.76. The second-order valence-corrected chi connectivity index (χ2v) is 5.68. The van der Waals surface area contributed by atoms with E-state index in [1.54, 1.807) is 13.8 Å². The third kappa shape index (κ3) is 4.92. The Kier molecular flexibility index (Phi) is 5.97. The van der Waals surface area contributed by atoms with Crippen LogP contribution in [0.5, 0.6) is 0 Å². The first-order valence-corrected chi connectivity index (χ1v) is 7.62. The molecule has 0 aromatic carbocycles. The van der Waals surface area contributed by atoms with Crippen LogP contribution in [0.2, 0.25) is 5.02 Å². The fourth-order valence-electron chi connectivity index (χ4n) is 1.83. The molecular formula is C16H11ClF3N5O2. The molecule has 2 aromatic rings. The van der Waals surface area contributed by atoms with Crippen molar-refractivity contribution in [2.75, 3.05) is 0 Å². The average molecular weight is 398 g/mol. The molecule has 2 rings (SSSR count). The van der Waals surface area contributed by atoms with Crippen molar-refractivity contribution in [2.24, 2.45) is 5.16 Å². The van der Waals surface area contributed by atoms with Gasteiger partial charge in [-0.15, -0.1) is 0 Å². The fourth-order valence-corrected chi connectivity index (χ4v) is 2.07. The number of aromatic nitrogens is 3. The highest BCUT2D eigenvalue weighted by Gasteiger charge is 2.32. The van der Waals surface area contributed by atoms with E-state index in [4.69, 9.17) is 16.9 Å². The number of alkyl halides is 3. The van der Waals surface area contributed by atoms with Gasteiger partial charge in [0.05, 0.1) is 33.8 Å². The minimum atomic E-state index is -4.61. The van der Waals surface area contributed by atoms with Crippen molar-refractivity contribution >= 4 is 29.4 Å². The van der Waals surface area contributed by atoms with Crippen molar-refractivity contribution in [1.82, 2.24) is 14.8 Å². The summed E-state index contributed by atoms with van der Waals surface area (Å²) < 4.78 is 39.3. The molecule has 2 heterocycles. The van der Waals surface area contributed by atoms with E-state index >= 15 is 0 Å². The summed E-state index contributed by atoms with van der Waals surface area (Å²) in [5.41, 5.74) is -0.384. The van der Waals surface area contributed by atoms with Crippen LogP contribution in [0.15, 0.2) is 29.7 Å². The van der Waals surface area contributed by atoms with Crippen LogP contribution in [-0.2, 0) is 15.8 Å². The van der Waals surface area contributed by atoms with Crippen LogP contribution in [-0.4, -0.2) is 26.4 Å². The second-order valence-electron chi connectivity index (χ2n) is 5.28. The van der Waals surface area contributed by atoms with Crippen molar-refractivity contribution in [1.29, 1.82) is 5.26 Å². The van der Waals surface area contributed by atoms with E-state index in [9.17, 15) is 18.0 Å². The third-order valence-electron chi connectivity index (χ3n) is 2.97. The lowest BCUT2D eigenvalue weighted by Gasteiger charge is -2.10. The highest BCUT2D eigenvalue weighted by Crippen LogP contribution is 2.32. The molecule has 2 aromatic heterocycles. The van der Waals surface area contributed by atoms with Gasteiger partial charge in [0.15, 0.2) is 5.82 Å². The van der Waals surface area contributed by atoms with Crippen molar-refractivity contribution in [3.05, 3.63) is 46.4 Å². The molecular weight excluding hydrogens is 387 g/mol. The summed E-state index contributed by atoms with van der Waals surface area (Å²) in [4.78, 5) is 19.9. The quantitative estimate of drug-likeness (QED) is 0.339. The van der Waals surface area contributed by atoms with Crippen LogP contribution in [0.3, 0.4) is 0 Å². The smallest absolute Gasteiger partial charge is 0.314 e. The maximum absolute atomic E-state index is 12.7. The summed E-state index contributed by atoms with van der Waals surface area (Å²) in [7, 11) is 0. The van der Waals surface area contributed by atoms with E-state index in [1.165, 1.54) is 6.08 Å². The Balaban J connectivity index is 2.43. The molecule has 0 saturated carbocycles. The number of hydrogen-bond donors (Lipinski definition) is 0. The van der Waals surface area contributed by atoms with E-state index in [2.05, 4.69) is 20.1 Å². The summed E-state index contributed by atoms with van der Waals surface area (Å²) in [5, 5.41) is 16.2. The molecule has 0 saturated heterocycles. The number of oxime groups is 1. The Bertz CT molecular complexity index is 969. The molecule has 0 N–H and O–H groups in total. The third-order valence-corrected chi connectivity index (χ3v) is 3.25.